The molecule has 0 radical (unpaired) electrons. The summed E-state index contributed by atoms with van der Waals surface area (Å²) in [6.45, 7) is 5.62. The maximum Gasteiger partial charge on any atom is 0.408 e. The van der Waals surface area contributed by atoms with Crippen LogP contribution in [-0.4, -0.2) is 58.0 Å². The molecule has 3 atom stereocenters. The molecule has 2 aromatic carbocycles. The molecule has 2 saturated heterocycles. The highest BCUT2D eigenvalue weighted by molar-refractivity contribution is 8.00. The van der Waals surface area contributed by atoms with E-state index in [1.165, 1.54) is 11.3 Å². The van der Waals surface area contributed by atoms with Crippen LogP contribution < -0.4 is 5.32 Å². The maximum absolute atomic E-state index is 14.1. The van der Waals surface area contributed by atoms with Gasteiger partial charge < -0.3 is 20.1 Å². The van der Waals surface area contributed by atoms with Crippen molar-refractivity contribution < 1.29 is 24.2 Å². The highest BCUT2D eigenvalue weighted by Crippen LogP contribution is 2.48. The number of carboxylic acid groups (broad SMARTS) is 1. The van der Waals surface area contributed by atoms with Gasteiger partial charge in [0.05, 0.1) is 4.75 Å². The third-order valence-electron chi connectivity index (χ3n) is 7.92. The molecule has 0 aromatic heterocycles. The first-order chi connectivity index (χ1) is 19.6. The number of fused-ring (bicyclic) bond motifs is 2. The SMILES string of the molecule is CC(C)(C)OC(=O)NC1CCCCCCCCCSC2(c3ccc(-c4ccccc4)cc3)CC(C(=O)O)N(C2)C1=O. The second-order valence-electron chi connectivity index (χ2n) is 12.3. The molecule has 2 aliphatic heterocycles. The first-order valence-corrected chi connectivity index (χ1v) is 15.9. The molecule has 7 nitrogen and oxygen atoms in total. The van der Waals surface area contributed by atoms with Crippen molar-refractivity contribution in [2.45, 2.75) is 101 Å². The van der Waals surface area contributed by atoms with Crippen LogP contribution in [0.15, 0.2) is 54.6 Å². The number of nitrogens with zero attached hydrogens (tertiary/aromatic N) is 1. The third kappa shape index (κ3) is 8.28. The molecule has 222 valence electrons. The Hall–Kier alpha value is -3.00. The van der Waals surface area contributed by atoms with Gasteiger partial charge in [-0.05, 0) is 62.5 Å². The molecule has 4 rings (SSSR count). The van der Waals surface area contributed by atoms with E-state index in [-0.39, 0.29) is 12.5 Å². The largest absolute Gasteiger partial charge is 0.480 e. The van der Waals surface area contributed by atoms with E-state index in [9.17, 15) is 19.5 Å². The Labute approximate surface area is 248 Å². The average Bonchev–Trinajstić information content (AvgIpc) is 3.33. The van der Waals surface area contributed by atoms with Crippen LogP contribution in [0, 0.1) is 0 Å². The van der Waals surface area contributed by atoms with Gasteiger partial charge in [0.15, 0.2) is 0 Å². The zero-order chi connectivity index (χ0) is 29.5. The molecule has 2 aliphatic rings. The Bertz CT molecular complexity index is 1180. The van der Waals surface area contributed by atoms with Gasteiger partial charge in [0.1, 0.15) is 17.7 Å². The number of thioether (sulfide) groups is 1. The lowest BCUT2D eigenvalue weighted by Crippen LogP contribution is -2.52. The fraction of sp³-hybridized carbons (Fsp3) is 0.545. The van der Waals surface area contributed by atoms with E-state index in [0.29, 0.717) is 12.8 Å². The van der Waals surface area contributed by atoms with Crippen molar-refractivity contribution >= 4 is 29.7 Å². The lowest BCUT2D eigenvalue weighted by atomic mass is 9.93. The van der Waals surface area contributed by atoms with Crippen molar-refractivity contribution in [3.05, 3.63) is 60.2 Å². The number of hydrogen-bond acceptors (Lipinski definition) is 5. The van der Waals surface area contributed by atoms with Gasteiger partial charge in [-0.2, -0.15) is 0 Å². The number of carbonyl (C=O) groups excluding carboxylic acids is 2. The van der Waals surface area contributed by atoms with Gasteiger partial charge in [-0.3, -0.25) is 4.79 Å². The van der Waals surface area contributed by atoms with Crippen LogP contribution in [0.1, 0.15) is 84.1 Å². The number of carbonyl (C=O) groups is 3. The number of ether oxygens (including phenoxy) is 1. The molecular weight excluding hydrogens is 536 g/mol. The van der Waals surface area contributed by atoms with Crippen molar-refractivity contribution in [1.82, 2.24) is 10.2 Å². The van der Waals surface area contributed by atoms with Crippen molar-refractivity contribution in [2.75, 3.05) is 12.3 Å². The predicted octanol–water partition coefficient (Wildman–Crippen LogP) is 7.00. The molecule has 8 heteroatoms. The number of benzene rings is 2. The van der Waals surface area contributed by atoms with Crippen LogP contribution in [0.3, 0.4) is 0 Å². The zero-order valence-electron chi connectivity index (χ0n) is 24.6. The Morgan fingerprint density at radius 2 is 1.54 bits per heavy atom. The lowest BCUT2D eigenvalue weighted by Gasteiger charge is -2.31. The quantitative estimate of drug-likeness (QED) is 0.405. The van der Waals surface area contributed by atoms with E-state index in [1.807, 2.05) is 18.2 Å². The van der Waals surface area contributed by atoms with Gasteiger partial charge >= 0.3 is 12.1 Å². The molecular formula is C33H44N2O5S. The zero-order valence-corrected chi connectivity index (χ0v) is 25.4. The molecule has 0 saturated carbocycles. The summed E-state index contributed by atoms with van der Waals surface area (Å²) in [5, 5.41) is 13.1. The van der Waals surface area contributed by atoms with Gasteiger partial charge in [0.2, 0.25) is 5.91 Å². The summed E-state index contributed by atoms with van der Waals surface area (Å²) < 4.78 is 4.91. The molecule has 2 fully saturated rings. The summed E-state index contributed by atoms with van der Waals surface area (Å²) >= 11 is 1.77. The summed E-state index contributed by atoms with van der Waals surface area (Å²) in [4.78, 5) is 40.9. The van der Waals surface area contributed by atoms with Gasteiger partial charge in [0, 0.05) is 6.54 Å². The number of carboxylic acids is 1. The van der Waals surface area contributed by atoms with E-state index < -0.39 is 34.5 Å². The van der Waals surface area contributed by atoms with Crippen molar-refractivity contribution in [1.29, 1.82) is 0 Å². The van der Waals surface area contributed by atoms with Crippen LogP contribution in [0.4, 0.5) is 4.79 Å². The second-order valence-corrected chi connectivity index (χ2v) is 13.8. The third-order valence-corrected chi connectivity index (χ3v) is 9.49. The first-order valence-electron chi connectivity index (χ1n) is 14.9. The van der Waals surface area contributed by atoms with Crippen molar-refractivity contribution in [3.63, 3.8) is 0 Å². The standard InChI is InChI=1S/C33H44N2O5S/c1-32(2,3)40-31(39)34-27-16-12-7-5-4-6-8-13-21-41-33(22-28(30(37)38)35(23-33)29(27)36)26-19-17-25(18-20-26)24-14-10-9-11-15-24/h9-11,14-15,17-20,27-28H,4-8,12-13,16,21-23H2,1-3H3,(H,34,39)(H,37,38). The molecule has 2 aromatic rings. The van der Waals surface area contributed by atoms with E-state index in [1.54, 1.807) is 32.5 Å². The van der Waals surface area contributed by atoms with Gasteiger partial charge in [-0.15, -0.1) is 11.8 Å². The summed E-state index contributed by atoms with van der Waals surface area (Å²) in [6.07, 6.45) is 7.47. The smallest absolute Gasteiger partial charge is 0.408 e. The number of aliphatic carboxylic acids is 1. The minimum Gasteiger partial charge on any atom is -0.480 e. The normalized spacial score (nSPS) is 24.7. The molecule has 0 aliphatic carbocycles. The summed E-state index contributed by atoms with van der Waals surface area (Å²) in [5.74, 6) is -0.464. The van der Waals surface area contributed by atoms with Gasteiger partial charge in [-0.1, -0.05) is 93.1 Å². The monoisotopic (exact) mass is 580 g/mol. The van der Waals surface area contributed by atoms with E-state index >= 15 is 0 Å². The summed E-state index contributed by atoms with van der Waals surface area (Å²) in [6, 6.07) is 16.7. The summed E-state index contributed by atoms with van der Waals surface area (Å²) in [7, 11) is 0. The van der Waals surface area contributed by atoms with Crippen LogP contribution in [0.25, 0.3) is 11.1 Å². The van der Waals surface area contributed by atoms with E-state index in [2.05, 4.69) is 41.7 Å². The summed E-state index contributed by atoms with van der Waals surface area (Å²) in [5.41, 5.74) is 2.54. The number of rotatable bonds is 4. The number of hydrogen-bond donors (Lipinski definition) is 2. The topological polar surface area (TPSA) is 95.9 Å². The van der Waals surface area contributed by atoms with Crippen molar-refractivity contribution in [3.8, 4) is 11.1 Å². The lowest BCUT2D eigenvalue weighted by molar-refractivity contribution is -0.149. The Morgan fingerprint density at radius 1 is 0.927 bits per heavy atom. The molecule has 2 heterocycles. The molecule has 2 N–H and O–H groups in total. The fourth-order valence-electron chi connectivity index (χ4n) is 5.83. The number of amides is 2. The minimum absolute atomic E-state index is 0.282. The number of nitrogens with one attached hydrogen (secondary N) is 1. The fourth-order valence-corrected chi connectivity index (χ4v) is 7.38. The Morgan fingerprint density at radius 3 is 2.17 bits per heavy atom. The highest BCUT2D eigenvalue weighted by atomic mass is 32.2. The predicted molar refractivity (Wildman–Crippen MR) is 164 cm³/mol. The van der Waals surface area contributed by atoms with Crippen molar-refractivity contribution in [2.24, 2.45) is 0 Å². The maximum atomic E-state index is 14.1. The molecule has 41 heavy (non-hydrogen) atoms. The number of alkyl carbamates (subject to hydrolysis) is 1. The Balaban J connectivity index is 1.66. The molecule has 0 spiro atoms. The second kappa shape index (κ2) is 13.8. The molecule has 2 bridgehead atoms. The highest BCUT2D eigenvalue weighted by Gasteiger charge is 2.51. The van der Waals surface area contributed by atoms with Gasteiger partial charge in [-0.25, -0.2) is 9.59 Å². The minimum atomic E-state index is -1.01. The van der Waals surface area contributed by atoms with Crippen LogP contribution in [-0.2, 0) is 19.1 Å². The van der Waals surface area contributed by atoms with Crippen LogP contribution in [0.5, 0.6) is 0 Å². The molecule has 3 unspecified atom stereocenters. The Kier molecular flexibility index (Phi) is 10.4. The van der Waals surface area contributed by atoms with Gasteiger partial charge in [0.25, 0.3) is 0 Å². The van der Waals surface area contributed by atoms with E-state index in [0.717, 1.165) is 61.0 Å². The van der Waals surface area contributed by atoms with E-state index in [4.69, 9.17) is 4.74 Å². The average molecular weight is 581 g/mol. The van der Waals surface area contributed by atoms with Crippen LogP contribution >= 0.6 is 11.8 Å². The first kappa shape index (κ1) is 30.9. The van der Waals surface area contributed by atoms with Crippen LogP contribution in [0.2, 0.25) is 0 Å². The molecule has 2 amide bonds.